The summed E-state index contributed by atoms with van der Waals surface area (Å²) in [5, 5.41) is 15.3. The van der Waals surface area contributed by atoms with E-state index in [1.807, 2.05) is 48.5 Å². The molecule has 24 heavy (non-hydrogen) atoms. The van der Waals surface area contributed by atoms with Crippen molar-refractivity contribution >= 4 is 27.6 Å². The zero-order chi connectivity index (χ0) is 16.5. The Hall–Kier alpha value is -2.67. The summed E-state index contributed by atoms with van der Waals surface area (Å²) in [6.07, 6.45) is 2.10. The van der Waals surface area contributed by atoms with Crippen LogP contribution in [0.25, 0.3) is 5.70 Å². The molecule has 1 aromatic heterocycles. The lowest BCUT2D eigenvalue weighted by Gasteiger charge is -2.24. The number of nitrogens with one attached hydrogen (secondary N) is 1. The number of rotatable bonds is 3. The van der Waals surface area contributed by atoms with E-state index in [4.69, 9.17) is 4.74 Å². The van der Waals surface area contributed by atoms with Gasteiger partial charge in [0.05, 0.1) is 7.11 Å². The molecule has 0 aliphatic carbocycles. The molecule has 2 heterocycles. The van der Waals surface area contributed by atoms with Gasteiger partial charge < -0.3 is 10.1 Å². The first kappa shape index (κ1) is 14.9. The molecule has 2 aromatic carbocycles. The van der Waals surface area contributed by atoms with Crippen LogP contribution in [0.1, 0.15) is 17.2 Å². The number of aromatic nitrogens is 4. The minimum absolute atomic E-state index is 0.147. The normalized spacial score (nSPS) is 16.1. The smallest absolute Gasteiger partial charge is 0.248 e. The van der Waals surface area contributed by atoms with Crippen molar-refractivity contribution < 1.29 is 4.74 Å². The van der Waals surface area contributed by atoms with Crippen LogP contribution in [0.4, 0.5) is 5.95 Å². The highest BCUT2D eigenvalue weighted by Crippen LogP contribution is 2.35. The summed E-state index contributed by atoms with van der Waals surface area (Å²) >= 11 is 3.46. The number of ether oxygens (including phenoxy) is 1. The number of tetrazole rings is 1. The van der Waals surface area contributed by atoms with Gasteiger partial charge in [0.1, 0.15) is 11.8 Å². The van der Waals surface area contributed by atoms with Gasteiger partial charge in [0.2, 0.25) is 5.95 Å². The first-order chi connectivity index (χ1) is 11.8. The standard InChI is InChI=1S/C17H14BrN5O/c1-24-16-5-3-2-4-13(16)15-10-14(11-6-8-12(18)9-7-11)19-17-20-21-22-23(15)17/h2-10,15H,1H3,(H,19,20,22). The van der Waals surface area contributed by atoms with Gasteiger partial charge >= 0.3 is 0 Å². The Balaban J connectivity index is 1.83. The highest BCUT2D eigenvalue weighted by molar-refractivity contribution is 9.10. The molecule has 1 unspecified atom stereocenters. The Bertz CT molecular complexity index is 903. The molecule has 1 N–H and O–H groups in total. The number of hydrogen-bond donors (Lipinski definition) is 1. The molecular weight excluding hydrogens is 370 g/mol. The molecule has 0 saturated carbocycles. The van der Waals surface area contributed by atoms with Crippen LogP contribution in [0, 0.1) is 0 Å². The summed E-state index contributed by atoms with van der Waals surface area (Å²) < 4.78 is 8.30. The predicted molar refractivity (Wildman–Crippen MR) is 94.7 cm³/mol. The highest BCUT2D eigenvalue weighted by atomic mass is 79.9. The molecule has 1 atom stereocenters. The van der Waals surface area contributed by atoms with Crippen LogP contribution in [0.15, 0.2) is 59.1 Å². The van der Waals surface area contributed by atoms with E-state index in [0.717, 1.165) is 27.0 Å². The van der Waals surface area contributed by atoms with Crippen molar-refractivity contribution in [1.82, 2.24) is 20.2 Å². The van der Waals surface area contributed by atoms with Gasteiger partial charge in [-0.3, -0.25) is 0 Å². The first-order valence-corrected chi connectivity index (χ1v) is 8.21. The molecule has 7 heteroatoms. The van der Waals surface area contributed by atoms with Crippen LogP contribution in [0.2, 0.25) is 0 Å². The van der Waals surface area contributed by atoms with Crippen molar-refractivity contribution in [2.24, 2.45) is 0 Å². The van der Waals surface area contributed by atoms with Crippen molar-refractivity contribution in [1.29, 1.82) is 0 Å². The number of halogens is 1. The zero-order valence-electron chi connectivity index (χ0n) is 12.8. The molecule has 0 saturated heterocycles. The molecule has 0 spiro atoms. The Morgan fingerprint density at radius 1 is 1.12 bits per heavy atom. The Labute approximate surface area is 147 Å². The van der Waals surface area contributed by atoms with Crippen LogP contribution in [-0.2, 0) is 0 Å². The van der Waals surface area contributed by atoms with Crippen LogP contribution < -0.4 is 10.1 Å². The number of para-hydroxylation sites is 1. The fourth-order valence-electron chi connectivity index (χ4n) is 2.78. The molecular formula is C17H14BrN5O. The zero-order valence-corrected chi connectivity index (χ0v) is 14.4. The van der Waals surface area contributed by atoms with Crippen molar-refractivity contribution in [3.63, 3.8) is 0 Å². The summed E-state index contributed by atoms with van der Waals surface area (Å²) in [6.45, 7) is 0. The lowest BCUT2D eigenvalue weighted by Crippen LogP contribution is -2.20. The summed E-state index contributed by atoms with van der Waals surface area (Å²) in [5.74, 6) is 1.41. The first-order valence-electron chi connectivity index (χ1n) is 7.42. The van der Waals surface area contributed by atoms with E-state index in [2.05, 4.69) is 42.8 Å². The Morgan fingerprint density at radius 2 is 1.92 bits per heavy atom. The minimum Gasteiger partial charge on any atom is -0.496 e. The second-order valence-corrected chi connectivity index (χ2v) is 6.26. The van der Waals surface area contributed by atoms with Crippen LogP contribution in [0.5, 0.6) is 5.75 Å². The van der Waals surface area contributed by atoms with Crippen LogP contribution in [-0.4, -0.2) is 27.3 Å². The summed E-state index contributed by atoms with van der Waals surface area (Å²) in [7, 11) is 1.67. The SMILES string of the molecule is COc1ccccc1C1C=C(c2ccc(Br)cc2)Nc2nnnn21. The third-order valence-corrected chi connectivity index (χ3v) is 4.47. The second-order valence-electron chi connectivity index (χ2n) is 5.35. The highest BCUT2D eigenvalue weighted by Gasteiger charge is 2.26. The molecule has 4 rings (SSSR count). The molecule has 1 aliphatic heterocycles. The Morgan fingerprint density at radius 3 is 2.71 bits per heavy atom. The third kappa shape index (κ3) is 2.56. The second kappa shape index (κ2) is 6.09. The maximum Gasteiger partial charge on any atom is 0.248 e. The van der Waals surface area contributed by atoms with Crippen LogP contribution >= 0.6 is 15.9 Å². The van der Waals surface area contributed by atoms with Crippen molar-refractivity contribution in [3.8, 4) is 5.75 Å². The van der Waals surface area contributed by atoms with Gasteiger partial charge in [-0.05, 0) is 40.3 Å². The van der Waals surface area contributed by atoms with Gasteiger partial charge in [-0.1, -0.05) is 51.4 Å². The Kier molecular flexibility index (Phi) is 3.78. The molecule has 1 aliphatic rings. The number of anilines is 1. The van der Waals surface area contributed by atoms with Crippen molar-refractivity contribution in [3.05, 3.63) is 70.2 Å². The lowest BCUT2D eigenvalue weighted by molar-refractivity contribution is 0.403. The minimum atomic E-state index is -0.147. The van der Waals surface area contributed by atoms with Crippen molar-refractivity contribution in [2.45, 2.75) is 6.04 Å². The van der Waals surface area contributed by atoms with Gasteiger partial charge in [-0.2, -0.15) is 4.68 Å². The lowest BCUT2D eigenvalue weighted by atomic mass is 10.0. The molecule has 0 amide bonds. The fourth-order valence-corrected chi connectivity index (χ4v) is 3.05. The van der Waals surface area contributed by atoms with E-state index in [0.29, 0.717) is 5.95 Å². The molecule has 0 bridgehead atoms. The summed E-state index contributed by atoms with van der Waals surface area (Å²) in [6, 6.07) is 15.8. The van der Waals surface area contributed by atoms with Gasteiger partial charge in [0.25, 0.3) is 0 Å². The average Bonchev–Trinajstić information content (AvgIpc) is 3.10. The van der Waals surface area contributed by atoms with Gasteiger partial charge in [-0.25, -0.2) is 0 Å². The molecule has 0 radical (unpaired) electrons. The van der Waals surface area contributed by atoms with E-state index in [9.17, 15) is 0 Å². The quantitative estimate of drug-likeness (QED) is 0.749. The maximum absolute atomic E-state index is 5.51. The number of nitrogens with zero attached hydrogens (tertiary/aromatic N) is 4. The number of methoxy groups -OCH3 is 1. The molecule has 6 nitrogen and oxygen atoms in total. The molecule has 0 fully saturated rings. The van der Waals surface area contributed by atoms with E-state index in [-0.39, 0.29) is 6.04 Å². The van der Waals surface area contributed by atoms with Gasteiger partial charge in [-0.15, -0.1) is 0 Å². The topological polar surface area (TPSA) is 64.9 Å². The van der Waals surface area contributed by atoms with E-state index >= 15 is 0 Å². The summed E-state index contributed by atoms with van der Waals surface area (Å²) in [5.41, 5.74) is 3.03. The fraction of sp³-hybridized carbons (Fsp3) is 0.118. The monoisotopic (exact) mass is 383 g/mol. The third-order valence-electron chi connectivity index (χ3n) is 3.94. The number of fused-ring (bicyclic) bond motifs is 1. The number of allylic oxidation sites excluding steroid dienone is 1. The summed E-state index contributed by atoms with van der Waals surface area (Å²) in [4.78, 5) is 0. The molecule has 3 aromatic rings. The maximum atomic E-state index is 5.51. The largest absolute Gasteiger partial charge is 0.496 e. The van der Waals surface area contributed by atoms with E-state index in [1.165, 1.54) is 0 Å². The van der Waals surface area contributed by atoms with Gasteiger partial charge in [0.15, 0.2) is 0 Å². The van der Waals surface area contributed by atoms with E-state index < -0.39 is 0 Å². The van der Waals surface area contributed by atoms with Crippen molar-refractivity contribution in [2.75, 3.05) is 12.4 Å². The number of hydrogen-bond acceptors (Lipinski definition) is 5. The number of benzene rings is 2. The average molecular weight is 384 g/mol. The van der Waals surface area contributed by atoms with E-state index in [1.54, 1.807) is 11.8 Å². The molecule has 120 valence electrons. The van der Waals surface area contributed by atoms with Crippen LogP contribution in [0.3, 0.4) is 0 Å². The van der Waals surface area contributed by atoms with Gasteiger partial charge in [0, 0.05) is 15.7 Å². The predicted octanol–water partition coefficient (Wildman–Crippen LogP) is 3.50.